The molecular formula is C20H39NO6. The van der Waals surface area contributed by atoms with Crippen LogP contribution < -0.4 is 5.32 Å². The summed E-state index contributed by atoms with van der Waals surface area (Å²) >= 11 is 0. The average Bonchev–Trinajstić information content (AvgIpc) is 2.66. The first-order valence-electron chi connectivity index (χ1n) is 10.6. The molecule has 0 saturated carbocycles. The van der Waals surface area contributed by atoms with Gasteiger partial charge in [0, 0.05) is 6.42 Å². The molecule has 1 aliphatic rings. The van der Waals surface area contributed by atoms with Crippen molar-refractivity contribution in [1.29, 1.82) is 0 Å². The summed E-state index contributed by atoms with van der Waals surface area (Å²) in [5.74, 6) is -0.285. The molecule has 1 heterocycles. The van der Waals surface area contributed by atoms with E-state index in [4.69, 9.17) is 9.84 Å². The zero-order valence-electron chi connectivity index (χ0n) is 16.7. The third kappa shape index (κ3) is 9.34. The molecule has 1 fully saturated rings. The smallest absolute Gasteiger partial charge is 0.220 e. The summed E-state index contributed by atoms with van der Waals surface area (Å²) in [4.78, 5) is 12.0. The number of amides is 1. The summed E-state index contributed by atoms with van der Waals surface area (Å²) in [5, 5.41) is 41.2. The Morgan fingerprint density at radius 2 is 1.37 bits per heavy atom. The lowest BCUT2D eigenvalue weighted by atomic mass is 9.97. The summed E-state index contributed by atoms with van der Waals surface area (Å²) in [6, 6.07) is -1.09. The van der Waals surface area contributed by atoms with Crippen LogP contribution in [-0.2, 0) is 9.53 Å². The Morgan fingerprint density at radius 1 is 0.852 bits per heavy atom. The molecule has 0 aromatic heterocycles. The van der Waals surface area contributed by atoms with Crippen molar-refractivity contribution in [1.82, 2.24) is 5.32 Å². The SMILES string of the molecule is CCCCCCCCCCCCCC(=O)N[C@@H]1[C@@H](O)[C@H](O)[C@@H](CO)O[C@H]1O. The van der Waals surface area contributed by atoms with E-state index in [1.54, 1.807) is 0 Å². The summed E-state index contributed by atoms with van der Waals surface area (Å²) in [6.45, 7) is 1.71. The van der Waals surface area contributed by atoms with Crippen LogP contribution in [0.2, 0.25) is 0 Å². The lowest BCUT2D eigenvalue weighted by molar-refractivity contribution is -0.253. The van der Waals surface area contributed by atoms with Crippen molar-refractivity contribution >= 4 is 5.91 Å². The first-order valence-corrected chi connectivity index (χ1v) is 10.6. The van der Waals surface area contributed by atoms with Gasteiger partial charge < -0.3 is 30.5 Å². The van der Waals surface area contributed by atoms with Gasteiger partial charge in [0.2, 0.25) is 5.91 Å². The van der Waals surface area contributed by atoms with Gasteiger partial charge in [-0.15, -0.1) is 0 Å². The molecule has 0 aromatic carbocycles. The number of rotatable bonds is 14. The number of nitrogens with one attached hydrogen (secondary N) is 1. The van der Waals surface area contributed by atoms with Gasteiger partial charge in [-0.05, 0) is 6.42 Å². The van der Waals surface area contributed by atoms with Crippen LogP contribution in [0.25, 0.3) is 0 Å². The lowest BCUT2D eigenvalue weighted by Crippen LogP contribution is -2.64. The largest absolute Gasteiger partial charge is 0.394 e. The van der Waals surface area contributed by atoms with E-state index in [0.29, 0.717) is 6.42 Å². The van der Waals surface area contributed by atoms with Crippen LogP contribution in [-0.4, -0.2) is 63.6 Å². The first-order chi connectivity index (χ1) is 13.0. The molecule has 1 aliphatic heterocycles. The minimum Gasteiger partial charge on any atom is -0.394 e. The number of unbranched alkanes of at least 4 members (excludes halogenated alkanes) is 10. The molecule has 0 aromatic rings. The van der Waals surface area contributed by atoms with Crippen LogP contribution in [0.15, 0.2) is 0 Å². The Hall–Kier alpha value is -0.730. The molecule has 1 amide bonds. The van der Waals surface area contributed by atoms with Crippen molar-refractivity contribution in [2.45, 2.75) is 115 Å². The van der Waals surface area contributed by atoms with Crippen molar-refractivity contribution in [3.05, 3.63) is 0 Å². The fourth-order valence-corrected chi connectivity index (χ4v) is 3.46. The maximum atomic E-state index is 12.0. The standard InChI is InChI=1S/C20H39NO6/c1-2-3-4-5-6-7-8-9-10-11-12-13-16(23)21-17-19(25)18(24)15(14-22)27-20(17)26/h15,17-20,22,24-26H,2-14H2,1H3,(H,21,23)/t15-,17-,18-,19-,20-/m1/s1. The minimum absolute atomic E-state index is 0.285. The van der Waals surface area contributed by atoms with Gasteiger partial charge in [0.1, 0.15) is 24.4 Å². The Morgan fingerprint density at radius 3 is 1.89 bits per heavy atom. The fraction of sp³-hybridized carbons (Fsp3) is 0.950. The van der Waals surface area contributed by atoms with Gasteiger partial charge in [-0.3, -0.25) is 4.79 Å². The Bertz CT molecular complexity index is 395. The molecule has 0 aliphatic carbocycles. The number of carbonyl (C=O) groups excluding carboxylic acids is 1. The summed E-state index contributed by atoms with van der Waals surface area (Å²) in [7, 11) is 0. The van der Waals surface area contributed by atoms with Crippen LogP contribution in [0, 0.1) is 0 Å². The molecule has 0 unspecified atom stereocenters. The van der Waals surface area contributed by atoms with Gasteiger partial charge in [-0.25, -0.2) is 0 Å². The average molecular weight is 390 g/mol. The molecule has 0 spiro atoms. The monoisotopic (exact) mass is 389 g/mol. The second-order valence-corrected chi connectivity index (χ2v) is 7.61. The summed E-state index contributed by atoms with van der Waals surface area (Å²) in [6.07, 6.45) is 8.25. The molecule has 1 saturated heterocycles. The third-order valence-electron chi connectivity index (χ3n) is 5.24. The summed E-state index contributed by atoms with van der Waals surface area (Å²) < 4.78 is 5.02. The molecule has 1 rings (SSSR count). The van der Waals surface area contributed by atoms with E-state index in [9.17, 15) is 20.1 Å². The van der Waals surface area contributed by atoms with E-state index < -0.39 is 37.3 Å². The van der Waals surface area contributed by atoms with E-state index in [0.717, 1.165) is 19.3 Å². The zero-order chi connectivity index (χ0) is 20.1. The van der Waals surface area contributed by atoms with Crippen molar-refractivity contribution in [3.63, 3.8) is 0 Å². The molecule has 160 valence electrons. The van der Waals surface area contributed by atoms with Crippen LogP contribution in [0.4, 0.5) is 0 Å². The zero-order valence-corrected chi connectivity index (χ0v) is 16.7. The second-order valence-electron chi connectivity index (χ2n) is 7.61. The number of carbonyl (C=O) groups is 1. The Balaban J connectivity index is 2.07. The quantitative estimate of drug-likeness (QED) is 0.288. The van der Waals surface area contributed by atoms with Gasteiger partial charge in [-0.1, -0.05) is 71.1 Å². The first kappa shape index (κ1) is 24.3. The highest BCUT2D eigenvalue weighted by Crippen LogP contribution is 2.20. The van der Waals surface area contributed by atoms with Crippen LogP contribution in [0.5, 0.6) is 0 Å². The summed E-state index contributed by atoms with van der Waals surface area (Å²) in [5.41, 5.74) is 0. The van der Waals surface area contributed by atoms with Gasteiger partial charge in [0.15, 0.2) is 6.29 Å². The van der Waals surface area contributed by atoms with Crippen molar-refractivity contribution in [2.24, 2.45) is 0 Å². The number of ether oxygens (including phenoxy) is 1. The molecule has 27 heavy (non-hydrogen) atoms. The number of hydrogen-bond acceptors (Lipinski definition) is 6. The van der Waals surface area contributed by atoms with Gasteiger partial charge >= 0.3 is 0 Å². The van der Waals surface area contributed by atoms with Gasteiger partial charge in [-0.2, -0.15) is 0 Å². The van der Waals surface area contributed by atoms with Gasteiger partial charge in [0.25, 0.3) is 0 Å². The van der Waals surface area contributed by atoms with Crippen LogP contribution in [0.3, 0.4) is 0 Å². The molecule has 5 atom stereocenters. The van der Waals surface area contributed by atoms with E-state index in [1.807, 2.05) is 0 Å². The predicted octanol–water partition coefficient (Wildman–Crippen LogP) is 1.60. The highest BCUT2D eigenvalue weighted by Gasteiger charge is 2.44. The highest BCUT2D eigenvalue weighted by atomic mass is 16.6. The normalized spacial score (nSPS) is 28.3. The van der Waals surface area contributed by atoms with Crippen LogP contribution in [0.1, 0.15) is 84.0 Å². The topological polar surface area (TPSA) is 119 Å². The number of hydrogen-bond donors (Lipinski definition) is 5. The van der Waals surface area contributed by atoms with Gasteiger partial charge in [0.05, 0.1) is 6.61 Å². The molecule has 0 bridgehead atoms. The Kier molecular flexibility index (Phi) is 12.9. The lowest BCUT2D eigenvalue weighted by Gasteiger charge is -2.40. The van der Waals surface area contributed by atoms with Crippen molar-refractivity contribution in [2.75, 3.05) is 6.61 Å². The third-order valence-corrected chi connectivity index (χ3v) is 5.24. The molecule has 0 radical (unpaired) electrons. The molecular weight excluding hydrogens is 350 g/mol. The molecule has 7 nitrogen and oxygen atoms in total. The minimum atomic E-state index is -1.46. The Labute approximate surface area is 163 Å². The van der Waals surface area contributed by atoms with E-state index in [2.05, 4.69) is 12.2 Å². The number of aliphatic hydroxyl groups is 4. The van der Waals surface area contributed by atoms with Crippen molar-refractivity contribution < 1.29 is 30.0 Å². The van der Waals surface area contributed by atoms with E-state index >= 15 is 0 Å². The number of aliphatic hydroxyl groups excluding tert-OH is 4. The maximum absolute atomic E-state index is 12.0. The molecule has 7 heteroatoms. The van der Waals surface area contributed by atoms with Crippen molar-refractivity contribution in [3.8, 4) is 0 Å². The van der Waals surface area contributed by atoms with E-state index in [1.165, 1.54) is 51.4 Å². The second kappa shape index (κ2) is 14.3. The van der Waals surface area contributed by atoms with E-state index in [-0.39, 0.29) is 5.91 Å². The van der Waals surface area contributed by atoms with Crippen LogP contribution >= 0.6 is 0 Å². The molecule has 5 N–H and O–H groups in total. The highest BCUT2D eigenvalue weighted by molar-refractivity contribution is 5.76. The fourth-order valence-electron chi connectivity index (χ4n) is 3.46. The maximum Gasteiger partial charge on any atom is 0.220 e. The predicted molar refractivity (Wildman–Crippen MR) is 103 cm³/mol.